The van der Waals surface area contributed by atoms with Crippen molar-refractivity contribution in [1.29, 1.82) is 0 Å². The molecule has 0 saturated carbocycles. The summed E-state index contributed by atoms with van der Waals surface area (Å²) in [5.74, 6) is 0. The molecular formula is C6H7ClN2O3. The minimum absolute atomic E-state index is 0.0430. The van der Waals surface area contributed by atoms with Crippen molar-refractivity contribution in [2.24, 2.45) is 5.73 Å². The number of halogens is 1. The fourth-order valence-electron chi connectivity index (χ4n) is 0.883. The lowest BCUT2D eigenvalue weighted by Gasteiger charge is -2.20. The maximum atomic E-state index is 10.3. The van der Waals surface area contributed by atoms with Crippen molar-refractivity contribution in [3.63, 3.8) is 0 Å². The lowest BCUT2D eigenvalue weighted by atomic mass is 10.0. The van der Waals surface area contributed by atoms with Gasteiger partial charge in [-0.25, -0.2) is 0 Å². The summed E-state index contributed by atoms with van der Waals surface area (Å²) in [6.45, 7) is 0. The average Bonchev–Trinajstić information content (AvgIpc) is 1.94. The van der Waals surface area contributed by atoms with Crippen molar-refractivity contribution in [3.05, 3.63) is 33.0 Å². The standard InChI is InChI=1S/C6H7ClN2O3/c7-4-1-2-6(8,10)5(3-4)9(11)12/h1,3,10H,2,8H2. The summed E-state index contributed by atoms with van der Waals surface area (Å²) in [4.78, 5) is 9.59. The summed E-state index contributed by atoms with van der Waals surface area (Å²) >= 11 is 5.50. The third-order valence-electron chi connectivity index (χ3n) is 1.52. The monoisotopic (exact) mass is 190 g/mol. The van der Waals surface area contributed by atoms with Gasteiger partial charge in [0.1, 0.15) is 0 Å². The van der Waals surface area contributed by atoms with Crippen molar-refractivity contribution in [2.45, 2.75) is 12.1 Å². The molecule has 1 aliphatic rings. The van der Waals surface area contributed by atoms with Gasteiger partial charge in [0.15, 0.2) is 0 Å². The van der Waals surface area contributed by atoms with Crippen LogP contribution in [-0.2, 0) is 0 Å². The number of hydrogen-bond acceptors (Lipinski definition) is 4. The highest BCUT2D eigenvalue weighted by Gasteiger charge is 2.38. The largest absolute Gasteiger partial charge is 0.366 e. The van der Waals surface area contributed by atoms with Crippen molar-refractivity contribution in [1.82, 2.24) is 0 Å². The first-order valence-electron chi connectivity index (χ1n) is 3.17. The summed E-state index contributed by atoms with van der Waals surface area (Å²) in [5.41, 5.74) is 2.85. The highest BCUT2D eigenvalue weighted by atomic mass is 35.5. The van der Waals surface area contributed by atoms with E-state index in [9.17, 15) is 15.2 Å². The second-order valence-corrected chi connectivity index (χ2v) is 2.94. The molecule has 66 valence electrons. The third-order valence-corrected chi connectivity index (χ3v) is 1.79. The first kappa shape index (κ1) is 9.18. The predicted molar refractivity (Wildman–Crippen MR) is 42.8 cm³/mol. The Bertz CT molecular complexity index is 283. The fraction of sp³-hybridized carbons (Fsp3) is 0.333. The molecule has 0 heterocycles. The maximum absolute atomic E-state index is 10.3. The molecule has 1 unspecified atom stereocenters. The van der Waals surface area contributed by atoms with Crippen molar-refractivity contribution in [2.75, 3.05) is 0 Å². The highest BCUT2D eigenvalue weighted by Crippen LogP contribution is 2.25. The lowest BCUT2D eigenvalue weighted by molar-refractivity contribution is -0.444. The van der Waals surface area contributed by atoms with E-state index in [2.05, 4.69) is 0 Å². The molecule has 0 aliphatic heterocycles. The van der Waals surface area contributed by atoms with Gasteiger partial charge >= 0.3 is 0 Å². The van der Waals surface area contributed by atoms with Gasteiger partial charge in [0, 0.05) is 17.5 Å². The first-order valence-corrected chi connectivity index (χ1v) is 3.55. The van der Waals surface area contributed by atoms with E-state index in [1.54, 1.807) is 0 Å². The molecule has 5 nitrogen and oxygen atoms in total. The Morgan fingerprint density at radius 3 is 2.83 bits per heavy atom. The van der Waals surface area contributed by atoms with Crippen LogP contribution in [0.4, 0.5) is 0 Å². The molecule has 1 rings (SSSR count). The van der Waals surface area contributed by atoms with Crippen LogP contribution >= 0.6 is 11.6 Å². The summed E-state index contributed by atoms with van der Waals surface area (Å²) < 4.78 is 0. The Hall–Kier alpha value is -0.910. The van der Waals surface area contributed by atoms with Crippen LogP contribution in [0.1, 0.15) is 6.42 Å². The SMILES string of the molecule is NC1(O)CC=C(Cl)C=C1[N+](=O)[O-]. The quantitative estimate of drug-likeness (QED) is 0.354. The predicted octanol–water partition coefficient (Wildman–Crippen LogP) is 0.321. The van der Waals surface area contributed by atoms with Crippen molar-refractivity contribution < 1.29 is 10.0 Å². The fourth-order valence-corrected chi connectivity index (χ4v) is 1.06. The van der Waals surface area contributed by atoms with E-state index in [4.69, 9.17) is 17.3 Å². The number of rotatable bonds is 1. The Balaban J connectivity index is 3.05. The van der Waals surface area contributed by atoms with E-state index in [1.165, 1.54) is 6.08 Å². The van der Waals surface area contributed by atoms with Crippen molar-refractivity contribution in [3.8, 4) is 0 Å². The third kappa shape index (κ3) is 1.63. The molecule has 0 amide bonds. The highest BCUT2D eigenvalue weighted by molar-refractivity contribution is 6.31. The van der Waals surface area contributed by atoms with Crippen LogP contribution in [0.3, 0.4) is 0 Å². The topological polar surface area (TPSA) is 89.4 Å². The number of hydrogen-bond donors (Lipinski definition) is 2. The molecule has 1 aliphatic carbocycles. The van der Waals surface area contributed by atoms with Crippen LogP contribution in [0.25, 0.3) is 0 Å². The molecule has 3 N–H and O–H groups in total. The van der Waals surface area contributed by atoms with Gasteiger partial charge < -0.3 is 5.11 Å². The van der Waals surface area contributed by atoms with Crippen molar-refractivity contribution >= 4 is 11.6 Å². The molecule has 0 radical (unpaired) electrons. The maximum Gasteiger partial charge on any atom is 0.294 e. The molecule has 12 heavy (non-hydrogen) atoms. The summed E-state index contributed by atoms with van der Waals surface area (Å²) in [6, 6.07) is 0. The van der Waals surface area contributed by atoms with E-state index in [-0.39, 0.29) is 11.5 Å². The van der Waals surface area contributed by atoms with E-state index < -0.39 is 16.3 Å². The summed E-state index contributed by atoms with van der Waals surface area (Å²) in [5, 5.41) is 19.8. The van der Waals surface area contributed by atoms with Gasteiger partial charge in [-0.1, -0.05) is 17.7 Å². The molecule has 6 heteroatoms. The zero-order valence-electron chi connectivity index (χ0n) is 6.03. The molecule has 0 aromatic heterocycles. The molecule has 0 aromatic rings. The van der Waals surface area contributed by atoms with Gasteiger partial charge in [0.2, 0.25) is 5.72 Å². The van der Waals surface area contributed by atoms with E-state index in [0.717, 1.165) is 6.08 Å². The van der Waals surface area contributed by atoms with E-state index >= 15 is 0 Å². The van der Waals surface area contributed by atoms with Crippen LogP contribution in [-0.4, -0.2) is 15.8 Å². The zero-order chi connectivity index (χ0) is 9.35. The Labute approximate surface area is 73.3 Å². The molecule has 0 bridgehead atoms. The minimum atomic E-state index is -1.90. The van der Waals surface area contributed by atoms with Gasteiger partial charge in [-0.05, 0) is 0 Å². The molecule has 0 fully saturated rings. The normalized spacial score (nSPS) is 29.2. The van der Waals surface area contributed by atoms with Crippen LogP contribution in [0, 0.1) is 10.1 Å². The second kappa shape index (κ2) is 2.85. The van der Waals surface area contributed by atoms with Crippen LogP contribution in [0.2, 0.25) is 0 Å². The first-order chi connectivity index (χ1) is 5.43. The van der Waals surface area contributed by atoms with Gasteiger partial charge in [-0.2, -0.15) is 0 Å². The Morgan fingerprint density at radius 2 is 2.42 bits per heavy atom. The van der Waals surface area contributed by atoms with E-state index in [0.29, 0.717) is 0 Å². The van der Waals surface area contributed by atoms with Gasteiger partial charge in [0.05, 0.1) is 4.92 Å². The smallest absolute Gasteiger partial charge is 0.294 e. The molecule has 1 atom stereocenters. The van der Waals surface area contributed by atoms with E-state index in [1.807, 2.05) is 0 Å². The number of aliphatic hydroxyl groups is 1. The minimum Gasteiger partial charge on any atom is -0.366 e. The van der Waals surface area contributed by atoms with Crippen LogP contribution in [0.5, 0.6) is 0 Å². The average molecular weight is 191 g/mol. The molecule has 0 saturated heterocycles. The number of nitrogens with zero attached hydrogens (tertiary/aromatic N) is 1. The number of nitrogens with two attached hydrogens (primary N) is 1. The molecule has 0 spiro atoms. The molecule has 0 aromatic carbocycles. The number of nitro groups is 1. The van der Waals surface area contributed by atoms with Gasteiger partial charge in [-0.15, -0.1) is 0 Å². The van der Waals surface area contributed by atoms with Gasteiger partial charge in [-0.3, -0.25) is 15.8 Å². The summed E-state index contributed by atoms with van der Waals surface area (Å²) in [7, 11) is 0. The Morgan fingerprint density at radius 1 is 1.83 bits per heavy atom. The zero-order valence-corrected chi connectivity index (χ0v) is 6.78. The molecular weight excluding hydrogens is 184 g/mol. The van der Waals surface area contributed by atoms with Crippen LogP contribution in [0.15, 0.2) is 22.9 Å². The lowest BCUT2D eigenvalue weighted by Crippen LogP contribution is -2.44. The number of allylic oxidation sites excluding steroid dienone is 2. The van der Waals surface area contributed by atoms with Gasteiger partial charge in [0.25, 0.3) is 5.70 Å². The summed E-state index contributed by atoms with van der Waals surface area (Å²) in [6.07, 6.45) is 2.43. The van der Waals surface area contributed by atoms with Crippen LogP contribution < -0.4 is 5.73 Å². The Kier molecular flexibility index (Phi) is 2.18. The second-order valence-electron chi connectivity index (χ2n) is 2.50.